The number of Topliss-reactive ketones (excluding diaryl/α,β-unsaturated/α-hetero) is 2. The molecule has 185 valence electrons. The molecule has 0 aromatic heterocycles. The Kier molecular flexibility index (Phi) is 7.09. The van der Waals surface area contributed by atoms with E-state index in [-0.39, 0.29) is 48.9 Å². The van der Waals surface area contributed by atoms with Crippen molar-refractivity contribution in [1.82, 2.24) is 0 Å². The molecule has 0 unspecified atom stereocenters. The van der Waals surface area contributed by atoms with E-state index >= 15 is 0 Å². The number of benzene rings is 2. The number of nitrogens with zero attached hydrogens (tertiary/aromatic N) is 3. The molecule has 5 rings (SSSR count). The zero-order chi connectivity index (χ0) is 24.3. The molecule has 3 aliphatic rings. The third kappa shape index (κ3) is 4.43. The van der Waals surface area contributed by atoms with Gasteiger partial charge in [0.05, 0.1) is 17.8 Å². The van der Waals surface area contributed by atoms with Gasteiger partial charge >= 0.3 is 0 Å². The number of ketones is 2. The standard InChI is InChI=1S/C23H27N3.C5H8O2.Ir/c1-22(2)10-11-23(3,4)16-13-20-19(12-15(16)22)25(6)18-9-7-8-17-21(18)26(20)14-24(17)5;1-4(6)3-5(2)7;/h7-9,12,14H,10-11H2,1-6H3;3H2,1-2H3;/q-2;;. The number of anilines is 5. The van der Waals surface area contributed by atoms with Crippen molar-refractivity contribution in [2.45, 2.75) is 71.6 Å². The van der Waals surface area contributed by atoms with Gasteiger partial charge in [-0.15, -0.1) is 11.6 Å². The quantitative estimate of drug-likeness (QED) is 0.291. The number of hydrogen-bond acceptors (Lipinski definition) is 5. The minimum Gasteiger partial charge on any atom is -0.504 e. The van der Waals surface area contributed by atoms with E-state index in [1.54, 1.807) is 0 Å². The smallest absolute Gasteiger partial charge is 0.137 e. The van der Waals surface area contributed by atoms with Gasteiger partial charge in [0.2, 0.25) is 0 Å². The third-order valence-corrected chi connectivity index (χ3v) is 7.18. The summed E-state index contributed by atoms with van der Waals surface area (Å²) in [5.74, 6) is -0.125. The van der Waals surface area contributed by atoms with Gasteiger partial charge in [-0.2, -0.15) is 18.3 Å². The Balaban J connectivity index is 0.000000357. The average molecular weight is 638 g/mol. The number of carbonyl (C=O) groups is 2. The molecule has 0 N–H and O–H groups in total. The number of fused-ring (bicyclic) bond motifs is 3. The van der Waals surface area contributed by atoms with Gasteiger partial charge in [0, 0.05) is 25.8 Å². The second-order valence-electron chi connectivity index (χ2n) is 10.9. The Morgan fingerprint density at radius 1 is 0.971 bits per heavy atom. The molecule has 1 radical (unpaired) electrons. The Morgan fingerprint density at radius 3 is 2.15 bits per heavy atom. The molecule has 6 heteroatoms. The Labute approximate surface area is 217 Å². The molecule has 34 heavy (non-hydrogen) atoms. The van der Waals surface area contributed by atoms with Crippen molar-refractivity contribution >= 4 is 40.0 Å². The number of carbonyl (C=O) groups excluding carboxylic acids is 2. The maximum Gasteiger partial charge on any atom is 0.137 e. The molecule has 2 aromatic carbocycles. The summed E-state index contributed by atoms with van der Waals surface area (Å²) in [6.07, 6.45) is 2.52. The molecule has 2 heterocycles. The number of hydrogen-bond donors (Lipinski definition) is 0. The normalized spacial score (nSPS) is 18.1. The molecule has 0 spiro atoms. The Morgan fingerprint density at radius 2 is 1.56 bits per heavy atom. The maximum absolute atomic E-state index is 10.0. The van der Waals surface area contributed by atoms with Crippen molar-refractivity contribution < 1.29 is 29.7 Å². The zero-order valence-corrected chi connectivity index (χ0v) is 23.9. The Bertz CT molecular complexity index is 1130. The van der Waals surface area contributed by atoms with E-state index in [2.05, 4.69) is 93.5 Å². The van der Waals surface area contributed by atoms with E-state index in [0.717, 1.165) is 0 Å². The van der Waals surface area contributed by atoms with Gasteiger partial charge in [0.15, 0.2) is 0 Å². The summed E-state index contributed by atoms with van der Waals surface area (Å²) in [6.45, 7) is 14.5. The van der Waals surface area contributed by atoms with E-state index in [4.69, 9.17) is 0 Å². The van der Waals surface area contributed by atoms with Crippen LogP contribution < -0.4 is 14.7 Å². The van der Waals surface area contributed by atoms with Gasteiger partial charge in [-0.3, -0.25) is 9.59 Å². The maximum atomic E-state index is 10.0. The second-order valence-corrected chi connectivity index (χ2v) is 10.9. The van der Waals surface area contributed by atoms with Crippen LogP contribution in [0.25, 0.3) is 0 Å². The minimum absolute atomic E-state index is 0. The minimum atomic E-state index is -0.0625. The van der Waals surface area contributed by atoms with Gasteiger partial charge < -0.3 is 14.7 Å². The van der Waals surface area contributed by atoms with Crippen molar-refractivity contribution in [1.29, 1.82) is 0 Å². The van der Waals surface area contributed by atoms with Crippen LogP contribution in [-0.2, 0) is 40.5 Å². The summed E-state index contributed by atoms with van der Waals surface area (Å²) >= 11 is 0. The van der Waals surface area contributed by atoms with Crippen molar-refractivity contribution in [3.8, 4) is 0 Å². The fourth-order valence-electron chi connectivity index (χ4n) is 5.18. The fraction of sp³-hybridized carbons (Fsp3) is 0.464. The van der Waals surface area contributed by atoms with Crippen molar-refractivity contribution in [2.75, 3.05) is 28.8 Å². The van der Waals surface area contributed by atoms with E-state index < -0.39 is 0 Å². The second kappa shape index (κ2) is 9.12. The predicted octanol–water partition coefficient (Wildman–Crippen LogP) is 6.18. The largest absolute Gasteiger partial charge is 0.504 e. The summed E-state index contributed by atoms with van der Waals surface area (Å²) in [4.78, 5) is 26.9. The van der Waals surface area contributed by atoms with Crippen LogP contribution in [0.4, 0.5) is 28.4 Å². The van der Waals surface area contributed by atoms with Crippen LogP contribution in [0.3, 0.4) is 0 Å². The van der Waals surface area contributed by atoms with Gasteiger partial charge in [-0.05, 0) is 57.6 Å². The van der Waals surface area contributed by atoms with Gasteiger partial charge in [-0.25, -0.2) is 0 Å². The molecule has 2 aliphatic heterocycles. The van der Waals surface area contributed by atoms with Crippen LogP contribution in [-0.4, -0.2) is 25.7 Å². The van der Waals surface area contributed by atoms with E-state index in [9.17, 15) is 9.59 Å². The number of para-hydroxylation sites is 1. The monoisotopic (exact) mass is 638 g/mol. The van der Waals surface area contributed by atoms with E-state index in [1.165, 1.54) is 66.3 Å². The van der Waals surface area contributed by atoms with Gasteiger partial charge in [0.1, 0.15) is 11.6 Å². The molecular weight excluding hydrogens is 603 g/mol. The molecule has 0 bridgehead atoms. The summed E-state index contributed by atoms with van der Waals surface area (Å²) in [5, 5.41) is 0. The van der Waals surface area contributed by atoms with Crippen molar-refractivity contribution in [3.63, 3.8) is 0 Å². The molecule has 5 nitrogen and oxygen atoms in total. The van der Waals surface area contributed by atoms with Crippen LogP contribution in [0.5, 0.6) is 0 Å². The van der Waals surface area contributed by atoms with E-state index in [1.807, 2.05) is 0 Å². The Hall–Kier alpha value is -2.17. The first-order valence-electron chi connectivity index (χ1n) is 11.7. The van der Waals surface area contributed by atoms with Crippen LogP contribution in [0.15, 0.2) is 24.3 Å². The van der Waals surface area contributed by atoms with Crippen LogP contribution >= 0.6 is 0 Å². The first-order valence-corrected chi connectivity index (χ1v) is 11.7. The predicted molar refractivity (Wildman–Crippen MR) is 136 cm³/mol. The molecule has 0 atom stereocenters. The van der Waals surface area contributed by atoms with E-state index in [0.29, 0.717) is 0 Å². The van der Waals surface area contributed by atoms with Crippen molar-refractivity contribution in [2.24, 2.45) is 0 Å². The van der Waals surface area contributed by atoms with Crippen LogP contribution in [0, 0.1) is 12.7 Å². The first kappa shape index (κ1) is 26.4. The zero-order valence-electron chi connectivity index (χ0n) is 21.5. The molecule has 0 saturated carbocycles. The third-order valence-electron chi connectivity index (χ3n) is 7.18. The average Bonchev–Trinajstić information content (AvgIpc) is 3.06. The van der Waals surface area contributed by atoms with Gasteiger partial charge in [-0.1, -0.05) is 51.3 Å². The summed E-state index contributed by atoms with van der Waals surface area (Å²) in [7, 11) is 4.31. The topological polar surface area (TPSA) is 43.9 Å². The molecule has 0 saturated heterocycles. The van der Waals surface area contributed by atoms with Gasteiger partial charge in [0.25, 0.3) is 0 Å². The summed E-state index contributed by atoms with van der Waals surface area (Å²) < 4.78 is 0. The summed E-state index contributed by atoms with van der Waals surface area (Å²) in [5.41, 5.74) is 9.45. The number of rotatable bonds is 2. The van der Waals surface area contributed by atoms with Crippen LogP contribution in [0.2, 0.25) is 0 Å². The summed E-state index contributed by atoms with van der Waals surface area (Å²) in [6, 6.07) is 12.9. The molecule has 0 fully saturated rings. The molecule has 1 aliphatic carbocycles. The fourth-order valence-corrected chi connectivity index (χ4v) is 5.18. The molecule has 2 aromatic rings. The van der Waals surface area contributed by atoms with Crippen LogP contribution in [0.1, 0.15) is 71.9 Å². The van der Waals surface area contributed by atoms with Crippen molar-refractivity contribution in [3.05, 3.63) is 48.1 Å². The first-order chi connectivity index (χ1) is 15.3. The molecule has 0 amide bonds. The molecular formula is C28H35IrN3O2-2. The SMILES string of the molecule is CC(=O)CC(C)=O.CN1[CH-]N2c3[c-]c4c(cc3N(C)c3cccc1c32)C(C)(C)CCC4(C)C.[Ir].